The molecule has 1 amide bonds. The number of carbonyl (C=O) groups excluding carboxylic acids is 1. The summed E-state index contributed by atoms with van der Waals surface area (Å²) in [6.45, 7) is 1.03. The summed E-state index contributed by atoms with van der Waals surface area (Å²) < 4.78 is 13.1. The van der Waals surface area contributed by atoms with Gasteiger partial charge in [-0.2, -0.15) is 0 Å². The van der Waals surface area contributed by atoms with Crippen molar-refractivity contribution in [2.45, 2.75) is 13.3 Å². The molecule has 0 aliphatic rings. The van der Waals surface area contributed by atoms with Crippen LogP contribution in [0.5, 0.6) is 0 Å². The number of benzene rings is 1. The quantitative estimate of drug-likeness (QED) is 0.466. The topological polar surface area (TPSA) is 124 Å². The molecule has 0 heterocycles. The number of carbonyl (C=O) groups is 2. The highest BCUT2D eigenvalue weighted by atomic mass is 19.1. The maximum absolute atomic E-state index is 13.1. The third-order valence-electron chi connectivity index (χ3n) is 2.80. The first kappa shape index (κ1) is 14.6. The van der Waals surface area contributed by atoms with Crippen molar-refractivity contribution in [3.8, 4) is 0 Å². The minimum absolute atomic E-state index is 0.200. The Bertz CT molecular complexity index is 544. The van der Waals surface area contributed by atoms with E-state index in [9.17, 15) is 24.1 Å². The van der Waals surface area contributed by atoms with Crippen LogP contribution in [-0.4, -0.2) is 21.9 Å². The number of nitrogens with two attached hydrogens (primary N) is 1. The zero-order valence-corrected chi connectivity index (χ0v) is 9.92. The van der Waals surface area contributed by atoms with Crippen LogP contribution >= 0.6 is 0 Å². The second kappa shape index (κ2) is 5.01. The fourth-order valence-corrected chi connectivity index (χ4v) is 1.52. The number of carboxylic acids is 1. The summed E-state index contributed by atoms with van der Waals surface area (Å²) in [5.41, 5.74) is 2.29. The first-order valence-corrected chi connectivity index (χ1v) is 5.14. The third-order valence-corrected chi connectivity index (χ3v) is 2.80. The van der Waals surface area contributed by atoms with Gasteiger partial charge in [0, 0.05) is 18.1 Å². The molecule has 3 N–H and O–H groups in total. The Hall–Kier alpha value is -2.51. The number of nitrogens with zero attached hydrogens (tertiary/aromatic N) is 1. The zero-order chi connectivity index (χ0) is 14.8. The SMILES string of the molecule is CC(Cc1cc(F)ccc1[N+](=O)[O-])(C(N)=O)C(=O)O. The van der Waals surface area contributed by atoms with Crippen molar-refractivity contribution in [3.63, 3.8) is 0 Å². The van der Waals surface area contributed by atoms with Crippen molar-refractivity contribution in [2.24, 2.45) is 11.1 Å². The summed E-state index contributed by atoms with van der Waals surface area (Å²) in [4.78, 5) is 32.3. The smallest absolute Gasteiger partial charge is 0.319 e. The molecule has 0 spiro atoms. The molecular formula is C11H11FN2O5. The Kier molecular flexibility index (Phi) is 3.83. The lowest BCUT2D eigenvalue weighted by molar-refractivity contribution is -0.385. The van der Waals surface area contributed by atoms with E-state index in [1.807, 2.05) is 0 Å². The molecule has 19 heavy (non-hydrogen) atoms. The van der Waals surface area contributed by atoms with Crippen LogP contribution in [0.3, 0.4) is 0 Å². The molecule has 1 aromatic rings. The molecule has 1 aromatic carbocycles. The molecule has 7 nitrogen and oxygen atoms in total. The van der Waals surface area contributed by atoms with E-state index in [1.165, 1.54) is 0 Å². The van der Waals surface area contributed by atoms with E-state index in [-0.39, 0.29) is 5.56 Å². The van der Waals surface area contributed by atoms with Crippen LogP contribution in [0.2, 0.25) is 0 Å². The summed E-state index contributed by atoms with van der Waals surface area (Å²) >= 11 is 0. The summed E-state index contributed by atoms with van der Waals surface area (Å²) in [7, 11) is 0. The molecule has 8 heteroatoms. The largest absolute Gasteiger partial charge is 0.480 e. The molecule has 1 rings (SSSR count). The maximum atomic E-state index is 13.1. The fourth-order valence-electron chi connectivity index (χ4n) is 1.52. The van der Waals surface area contributed by atoms with Gasteiger partial charge in [-0.05, 0) is 19.1 Å². The van der Waals surface area contributed by atoms with E-state index in [2.05, 4.69) is 0 Å². The normalized spacial score (nSPS) is 13.6. The number of rotatable bonds is 5. The van der Waals surface area contributed by atoms with Gasteiger partial charge in [-0.15, -0.1) is 0 Å². The lowest BCUT2D eigenvalue weighted by Gasteiger charge is -2.20. The molecule has 0 fully saturated rings. The standard InChI is InChI=1S/C11H11FN2O5/c1-11(9(13)15,10(16)17)5-6-4-7(12)2-3-8(6)14(18)19/h2-4H,5H2,1H3,(H2,13,15)(H,16,17). The minimum atomic E-state index is -2.04. The third kappa shape index (κ3) is 2.84. The van der Waals surface area contributed by atoms with Crippen molar-refractivity contribution in [1.82, 2.24) is 0 Å². The Morgan fingerprint density at radius 3 is 2.53 bits per heavy atom. The van der Waals surface area contributed by atoms with Gasteiger partial charge in [0.25, 0.3) is 5.69 Å². The number of aliphatic carboxylic acids is 1. The van der Waals surface area contributed by atoms with Crippen LogP contribution in [0.25, 0.3) is 0 Å². The monoisotopic (exact) mass is 270 g/mol. The van der Waals surface area contributed by atoms with E-state index in [1.54, 1.807) is 0 Å². The predicted molar refractivity (Wildman–Crippen MR) is 61.7 cm³/mol. The van der Waals surface area contributed by atoms with Crippen LogP contribution in [-0.2, 0) is 16.0 Å². The van der Waals surface area contributed by atoms with Crippen molar-refractivity contribution >= 4 is 17.6 Å². The summed E-state index contributed by atoms with van der Waals surface area (Å²) in [6.07, 6.45) is -0.564. The first-order valence-electron chi connectivity index (χ1n) is 5.14. The lowest BCUT2D eigenvalue weighted by Crippen LogP contribution is -2.43. The summed E-state index contributed by atoms with van der Waals surface area (Å²) in [6, 6.07) is 2.61. The van der Waals surface area contributed by atoms with E-state index in [0.717, 1.165) is 25.1 Å². The van der Waals surface area contributed by atoms with Gasteiger partial charge in [-0.3, -0.25) is 19.7 Å². The molecule has 0 aliphatic carbocycles. The van der Waals surface area contributed by atoms with Gasteiger partial charge >= 0.3 is 5.97 Å². The van der Waals surface area contributed by atoms with Crippen LogP contribution < -0.4 is 5.73 Å². The van der Waals surface area contributed by atoms with Crippen LogP contribution in [0, 0.1) is 21.3 Å². The zero-order valence-electron chi connectivity index (χ0n) is 9.92. The molecule has 0 aliphatic heterocycles. The predicted octanol–water partition coefficient (Wildman–Crippen LogP) is 0.853. The highest BCUT2D eigenvalue weighted by molar-refractivity contribution is 6.01. The van der Waals surface area contributed by atoms with Gasteiger partial charge in [0.1, 0.15) is 11.2 Å². The number of nitro groups is 1. The molecule has 0 radical (unpaired) electrons. The highest BCUT2D eigenvalue weighted by Crippen LogP contribution is 2.29. The summed E-state index contributed by atoms with van der Waals surface area (Å²) in [5, 5.41) is 19.8. The second-order valence-electron chi connectivity index (χ2n) is 4.21. The van der Waals surface area contributed by atoms with Crippen molar-refractivity contribution in [3.05, 3.63) is 39.7 Å². The molecule has 102 valence electrons. The van der Waals surface area contributed by atoms with Crippen LogP contribution in [0.4, 0.5) is 10.1 Å². The van der Waals surface area contributed by atoms with E-state index < -0.39 is 40.1 Å². The Labute approximate surface area is 107 Å². The van der Waals surface area contributed by atoms with Gasteiger partial charge < -0.3 is 10.8 Å². The Morgan fingerprint density at radius 2 is 2.11 bits per heavy atom. The molecule has 0 aromatic heterocycles. The fraction of sp³-hybridized carbons (Fsp3) is 0.273. The van der Waals surface area contributed by atoms with E-state index >= 15 is 0 Å². The number of hydrogen-bond acceptors (Lipinski definition) is 4. The van der Waals surface area contributed by atoms with Gasteiger partial charge in [0.15, 0.2) is 0 Å². The maximum Gasteiger partial charge on any atom is 0.319 e. The van der Waals surface area contributed by atoms with Gasteiger partial charge in [-0.1, -0.05) is 0 Å². The molecule has 0 saturated heterocycles. The Balaban J connectivity index is 3.31. The van der Waals surface area contributed by atoms with Crippen LogP contribution in [0.15, 0.2) is 18.2 Å². The second-order valence-corrected chi connectivity index (χ2v) is 4.21. The molecule has 1 atom stereocenters. The van der Waals surface area contributed by atoms with Crippen molar-refractivity contribution in [1.29, 1.82) is 0 Å². The molecule has 0 saturated carbocycles. The van der Waals surface area contributed by atoms with Gasteiger partial charge in [0.2, 0.25) is 5.91 Å². The average molecular weight is 270 g/mol. The number of hydrogen-bond donors (Lipinski definition) is 2. The number of primary amides is 1. The molecule has 1 unspecified atom stereocenters. The Morgan fingerprint density at radius 1 is 1.53 bits per heavy atom. The van der Waals surface area contributed by atoms with E-state index in [0.29, 0.717) is 0 Å². The van der Waals surface area contributed by atoms with E-state index in [4.69, 9.17) is 10.8 Å². The van der Waals surface area contributed by atoms with Gasteiger partial charge in [-0.25, -0.2) is 4.39 Å². The minimum Gasteiger partial charge on any atom is -0.480 e. The molecular weight excluding hydrogens is 259 g/mol. The number of carboxylic acid groups (broad SMARTS) is 1. The highest BCUT2D eigenvalue weighted by Gasteiger charge is 2.41. The van der Waals surface area contributed by atoms with Crippen LogP contribution in [0.1, 0.15) is 12.5 Å². The lowest BCUT2D eigenvalue weighted by atomic mass is 9.82. The van der Waals surface area contributed by atoms with Gasteiger partial charge in [0.05, 0.1) is 4.92 Å². The number of halogens is 1. The summed E-state index contributed by atoms with van der Waals surface area (Å²) in [5.74, 6) is -3.45. The van der Waals surface area contributed by atoms with Crippen molar-refractivity contribution < 1.29 is 24.0 Å². The number of nitro benzene ring substituents is 1. The first-order chi connectivity index (χ1) is 8.68. The van der Waals surface area contributed by atoms with Crippen molar-refractivity contribution in [2.75, 3.05) is 0 Å². The number of amides is 1. The average Bonchev–Trinajstić information content (AvgIpc) is 2.27. The molecule has 0 bridgehead atoms.